The van der Waals surface area contributed by atoms with Gasteiger partial charge in [-0.3, -0.25) is 0 Å². The lowest BCUT2D eigenvalue weighted by molar-refractivity contribution is 0.668. The van der Waals surface area contributed by atoms with Crippen molar-refractivity contribution in [3.05, 3.63) is 139 Å². The minimum atomic E-state index is 0.528. The first-order valence-corrected chi connectivity index (χ1v) is 14.9. The second-order valence-corrected chi connectivity index (χ2v) is 11.2. The molecule has 0 saturated heterocycles. The molecule has 0 aliphatic rings. The van der Waals surface area contributed by atoms with Crippen molar-refractivity contribution in [3.63, 3.8) is 0 Å². The second kappa shape index (κ2) is 10.3. The third-order valence-electron chi connectivity index (χ3n) is 8.37. The molecule has 9 aromatic rings. The predicted octanol–water partition coefficient (Wildman–Crippen LogP) is 10.2. The second-order valence-electron chi connectivity index (χ2n) is 11.2. The molecule has 0 amide bonds. The zero-order valence-electron chi connectivity index (χ0n) is 24.3. The standard InChI is InChI=1S/C40H22N4O2/c41-23-24-14-19-33-32(20-24)30-17-15-27(21-35(30)45-33)39-42-38(26-10-5-2-6-11-26)43-40(44-39)28-16-18-31-36(22-28)46-34-13-7-12-29(37(31)34)25-8-3-1-4-9-25/h1-22H. The topological polar surface area (TPSA) is 88.7 Å². The fraction of sp³-hybridized carbons (Fsp3) is 0. The first-order chi connectivity index (χ1) is 22.7. The van der Waals surface area contributed by atoms with Crippen molar-refractivity contribution in [2.75, 3.05) is 0 Å². The van der Waals surface area contributed by atoms with Crippen LogP contribution >= 0.6 is 0 Å². The first kappa shape index (κ1) is 25.9. The monoisotopic (exact) mass is 590 g/mol. The molecule has 46 heavy (non-hydrogen) atoms. The van der Waals surface area contributed by atoms with Gasteiger partial charge in [-0.25, -0.2) is 15.0 Å². The summed E-state index contributed by atoms with van der Waals surface area (Å²) < 4.78 is 12.6. The molecule has 9 rings (SSSR count). The van der Waals surface area contributed by atoms with Crippen LogP contribution in [0.4, 0.5) is 0 Å². The van der Waals surface area contributed by atoms with Crippen LogP contribution in [0.1, 0.15) is 5.56 Å². The molecular weight excluding hydrogens is 568 g/mol. The van der Waals surface area contributed by atoms with Crippen LogP contribution in [0.15, 0.2) is 142 Å². The molecule has 6 heteroatoms. The van der Waals surface area contributed by atoms with Crippen molar-refractivity contribution in [1.82, 2.24) is 15.0 Å². The molecule has 6 aromatic carbocycles. The molecule has 3 aromatic heterocycles. The lowest BCUT2D eigenvalue weighted by atomic mass is 9.99. The minimum absolute atomic E-state index is 0.528. The molecule has 0 saturated carbocycles. The van der Waals surface area contributed by atoms with E-state index in [2.05, 4.69) is 30.3 Å². The summed E-state index contributed by atoms with van der Waals surface area (Å²) in [7, 11) is 0. The molecule has 0 unspecified atom stereocenters. The van der Waals surface area contributed by atoms with E-state index >= 15 is 0 Å². The highest BCUT2D eigenvalue weighted by atomic mass is 16.3. The highest BCUT2D eigenvalue weighted by molar-refractivity contribution is 6.13. The Kier molecular flexibility index (Phi) is 5.77. The van der Waals surface area contributed by atoms with Crippen LogP contribution in [-0.4, -0.2) is 15.0 Å². The van der Waals surface area contributed by atoms with Crippen molar-refractivity contribution in [3.8, 4) is 51.4 Å². The number of aromatic nitrogens is 3. The molecule has 0 aliphatic heterocycles. The Labute approximate surface area is 262 Å². The Bertz CT molecular complexity index is 2650. The maximum absolute atomic E-state index is 9.39. The molecule has 0 aliphatic carbocycles. The Morgan fingerprint density at radius 2 is 1.04 bits per heavy atom. The van der Waals surface area contributed by atoms with E-state index in [0.29, 0.717) is 28.6 Å². The summed E-state index contributed by atoms with van der Waals surface area (Å²) in [6.07, 6.45) is 0. The third-order valence-corrected chi connectivity index (χ3v) is 8.37. The summed E-state index contributed by atoms with van der Waals surface area (Å²) in [5.74, 6) is 1.64. The minimum Gasteiger partial charge on any atom is -0.456 e. The summed E-state index contributed by atoms with van der Waals surface area (Å²) in [5.41, 5.74) is 8.38. The Hall–Kier alpha value is -6.58. The maximum Gasteiger partial charge on any atom is 0.164 e. The molecule has 0 fully saturated rings. The van der Waals surface area contributed by atoms with Crippen LogP contribution in [0.25, 0.3) is 89.2 Å². The van der Waals surface area contributed by atoms with Gasteiger partial charge in [0.05, 0.1) is 11.6 Å². The van der Waals surface area contributed by atoms with E-state index in [9.17, 15) is 5.26 Å². The van der Waals surface area contributed by atoms with Crippen LogP contribution in [0.2, 0.25) is 0 Å². The Balaban J connectivity index is 1.21. The van der Waals surface area contributed by atoms with Gasteiger partial charge in [0.25, 0.3) is 0 Å². The average Bonchev–Trinajstić information content (AvgIpc) is 3.69. The molecule has 0 N–H and O–H groups in total. The number of hydrogen-bond acceptors (Lipinski definition) is 6. The van der Waals surface area contributed by atoms with E-state index < -0.39 is 0 Å². The summed E-state index contributed by atoms with van der Waals surface area (Å²) in [5, 5.41) is 13.3. The van der Waals surface area contributed by atoms with Gasteiger partial charge in [0.2, 0.25) is 0 Å². The van der Waals surface area contributed by atoms with Crippen molar-refractivity contribution in [2.45, 2.75) is 0 Å². The van der Waals surface area contributed by atoms with E-state index in [4.69, 9.17) is 23.8 Å². The van der Waals surface area contributed by atoms with Crippen LogP contribution in [0.3, 0.4) is 0 Å². The van der Waals surface area contributed by atoms with Gasteiger partial charge in [0.15, 0.2) is 17.5 Å². The van der Waals surface area contributed by atoms with E-state index in [-0.39, 0.29) is 0 Å². The molecular formula is C40H22N4O2. The highest BCUT2D eigenvalue weighted by Gasteiger charge is 2.17. The first-order valence-electron chi connectivity index (χ1n) is 14.9. The fourth-order valence-corrected chi connectivity index (χ4v) is 6.16. The SMILES string of the molecule is N#Cc1ccc2oc3cc(-c4nc(-c5ccccc5)nc(-c5ccc6c(c5)oc5cccc(-c7ccccc7)c56)n4)ccc3c2c1. The molecule has 0 spiro atoms. The fourth-order valence-electron chi connectivity index (χ4n) is 6.16. The van der Waals surface area contributed by atoms with E-state index in [1.54, 1.807) is 6.07 Å². The van der Waals surface area contributed by atoms with Crippen molar-refractivity contribution < 1.29 is 8.83 Å². The number of nitriles is 1. The van der Waals surface area contributed by atoms with Crippen LogP contribution < -0.4 is 0 Å². The van der Waals surface area contributed by atoms with Gasteiger partial charge in [-0.2, -0.15) is 5.26 Å². The molecule has 214 valence electrons. The van der Waals surface area contributed by atoms with Gasteiger partial charge in [0.1, 0.15) is 22.3 Å². The summed E-state index contributed by atoms with van der Waals surface area (Å²) in [6.45, 7) is 0. The number of rotatable bonds is 4. The highest BCUT2D eigenvalue weighted by Crippen LogP contribution is 2.38. The number of furan rings is 2. The Morgan fingerprint density at radius 1 is 0.435 bits per heavy atom. The quantitative estimate of drug-likeness (QED) is 0.203. The predicted molar refractivity (Wildman–Crippen MR) is 181 cm³/mol. The van der Waals surface area contributed by atoms with Gasteiger partial charge >= 0.3 is 0 Å². The number of fused-ring (bicyclic) bond motifs is 6. The summed E-state index contributed by atoms with van der Waals surface area (Å²) in [6, 6.07) is 46.1. The Morgan fingerprint density at radius 3 is 1.74 bits per heavy atom. The van der Waals surface area contributed by atoms with Crippen molar-refractivity contribution >= 4 is 43.9 Å². The number of benzene rings is 6. The van der Waals surface area contributed by atoms with Crippen LogP contribution in [-0.2, 0) is 0 Å². The molecule has 3 heterocycles. The van der Waals surface area contributed by atoms with Crippen molar-refractivity contribution in [2.24, 2.45) is 0 Å². The zero-order chi connectivity index (χ0) is 30.6. The van der Waals surface area contributed by atoms with Gasteiger partial charge < -0.3 is 8.83 Å². The van der Waals surface area contributed by atoms with Gasteiger partial charge in [-0.05, 0) is 59.7 Å². The molecule has 0 radical (unpaired) electrons. The van der Waals surface area contributed by atoms with E-state index in [1.165, 1.54) is 0 Å². The smallest absolute Gasteiger partial charge is 0.164 e. The van der Waals surface area contributed by atoms with E-state index in [0.717, 1.165) is 66.1 Å². The van der Waals surface area contributed by atoms with Crippen molar-refractivity contribution in [1.29, 1.82) is 5.26 Å². The van der Waals surface area contributed by atoms with E-state index in [1.807, 2.05) is 103 Å². The maximum atomic E-state index is 9.39. The number of hydrogen-bond donors (Lipinski definition) is 0. The average molecular weight is 591 g/mol. The van der Waals surface area contributed by atoms with Crippen LogP contribution in [0, 0.1) is 11.3 Å². The zero-order valence-corrected chi connectivity index (χ0v) is 24.3. The lowest BCUT2D eigenvalue weighted by Crippen LogP contribution is -2.00. The normalized spacial score (nSPS) is 11.5. The number of nitrogens with zero attached hydrogens (tertiary/aromatic N) is 4. The molecule has 0 atom stereocenters. The molecule has 6 nitrogen and oxygen atoms in total. The van der Waals surface area contributed by atoms with Gasteiger partial charge in [-0.1, -0.05) is 84.9 Å². The summed E-state index contributed by atoms with van der Waals surface area (Å²) in [4.78, 5) is 14.8. The van der Waals surface area contributed by atoms with Gasteiger partial charge in [0, 0.05) is 38.2 Å². The summed E-state index contributed by atoms with van der Waals surface area (Å²) >= 11 is 0. The third kappa shape index (κ3) is 4.22. The lowest BCUT2D eigenvalue weighted by Gasteiger charge is -2.08. The van der Waals surface area contributed by atoms with Crippen LogP contribution in [0.5, 0.6) is 0 Å². The van der Waals surface area contributed by atoms with Gasteiger partial charge in [-0.15, -0.1) is 0 Å². The largest absolute Gasteiger partial charge is 0.456 e. The molecule has 0 bridgehead atoms.